The van der Waals surface area contributed by atoms with E-state index in [4.69, 9.17) is 17.3 Å². The lowest BCUT2D eigenvalue weighted by molar-refractivity contribution is 0.0934. The maximum Gasteiger partial charge on any atom is 0.253 e. The molecule has 0 saturated carbocycles. The van der Waals surface area contributed by atoms with Crippen molar-refractivity contribution in [3.05, 3.63) is 64.2 Å². The highest BCUT2D eigenvalue weighted by Crippen LogP contribution is 2.24. The predicted molar refractivity (Wildman–Crippen MR) is 85.6 cm³/mol. The van der Waals surface area contributed by atoms with Crippen molar-refractivity contribution in [3.8, 4) is 0 Å². The number of anilines is 1. The summed E-state index contributed by atoms with van der Waals surface area (Å²) in [6.45, 7) is 0. The number of nitrogens with one attached hydrogen (secondary N) is 1. The van der Waals surface area contributed by atoms with Gasteiger partial charge in [0.15, 0.2) is 0 Å². The SMILES string of the molecule is Nc1cccc(C(=O)NC2CCc3ccccc3C2)c1Cl. The first kappa shape index (κ1) is 14.0. The zero-order valence-electron chi connectivity index (χ0n) is 11.6. The van der Waals surface area contributed by atoms with Gasteiger partial charge in [-0.15, -0.1) is 0 Å². The van der Waals surface area contributed by atoms with Crippen molar-refractivity contribution in [2.45, 2.75) is 25.3 Å². The van der Waals surface area contributed by atoms with Crippen molar-refractivity contribution in [3.63, 3.8) is 0 Å². The highest BCUT2D eigenvalue weighted by Gasteiger charge is 2.21. The summed E-state index contributed by atoms with van der Waals surface area (Å²) >= 11 is 6.10. The largest absolute Gasteiger partial charge is 0.398 e. The number of carbonyl (C=O) groups excluding carboxylic acids is 1. The molecule has 1 unspecified atom stereocenters. The van der Waals surface area contributed by atoms with Gasteiger partial charge in [0.1, 0.15) is 0 Å². The van der Waals surface area contributed by atoms with E-state index in [1.54, 1.807) is 18.2 Å². The number of halogens is 1. The summed E-state index contributed by atoms with van der Waals surface area (Å²) in [5.74, 6) is -0.156. The number of nitrogens with two attached hydrogens (primary N) is 1. The molecule has 0 bridgehead atoms. The fraction of sp³-hybridized carbons (Fsp3) is 0.235. The van der Waals surface area contributed by atoms with Gasteiger partial charge in [-0.05, 0) is 42.5 Å². The van der Waals surface area contributed by atoms with Gasteiger partial charge in [-0.3, -0.25) is 4.79 Å². The topological polar surface area (TPSA) is 55.1 Å². The molecule has 108 valence electrons. The Morgan fingerprint density at radius 1 is 1.14 bits per heavy atom. The van der Waals surface area contributed by atoms with Gasteiger partial charge in [0, 0.05) is 6.04 Å². The Balaban J connectivity index is 1.73. The van der Waals surface area contributed by atoms with E-state index in [2.05, 4.69) is 23.5 Å². The molecule has 0 heterocycles. The Bertz CT molecular complexity index is 684. The number of aryl methyl sites for hydroxylation is 1. The van der Waals surface area contributed by atoms with Gasteiger partial charge in [0.05, 0.1) is 16.3 Å². The molecule has 1 amide bonds. The zero-order valence-corrected chi connectivity index (χ0v) is 12.4. The van der Waals surface area contributed by atoms with Crippen LogP contribution in [0.3, 0.4) is 0 Å². The molecule has 1 aliphatic carbocycles. The number of hydrogen-bond donors (Lipinski definition) is 2. The first-order valence-corrected chi connectivity index (χ1v) is 7.44. The average molecular weight is 301 g/mol. The van der Waals surface area contributed by atoms with Crippen molar-refractivity contribution < 1.29 is 4.79 Å². The molecular weight excluding hydrogens is 284 g/mol. The summed E-state index contributed by atoms with van der Waals surface area (Å²) in [5.41, 5.74) is 9.30. The van der Waals surface area contributed by atoms with Gasteiger partial charge in [-0.25, -0.2) is 0 Å². The number of benzene rings is 2. The van der Waals surface area contributed by atoms with Gasteiger partial charge in [-0.1, -0.05) is 41.9 Å². The summed E-state index contributed by atoms with van der Waals surface area (Å²) in [7, 11) is 0. The Morgan fingerprint density at radius 2 is 1.90 bits per heavy atom. The monoisotopic (exact) mass is 300 g/mol. The lowest BCUT2D eigenvalue weighted by Gasteiger charge is -2.25. The quantitative estimate of drug-likeness (QED) is 0.837. The van der Waals surface area contributed by atoms with E-state index in [1.165, 1.54) is 11.1 Å². The van der Waals surface area contributed by atoms with E-state index >= 15 is 0 Å². The van der Waals surface area contributed by atoms with E-state index in [0.29, 0.717) is 16.3 Å². The van der Waals surface area contributed by atoms with E-state index in [0.717, 1.165) is 19.3 Å². The third kappa shape index (κ3) is 2.88. The molecule has 0 spiro atoms. The minimum absolute atomic E-state index is 0.143. The van der Waals surface area contributed by atoms with Crippen LogP contribution in [-0.4, -0.2) is 11.9 Å². The van der Waals surface area contributed by atoms with Crippen LogP contribution in [0.25, 0.3) is 0 Å². The maximum absolute atomic E-state index is 12.3. The molecule has 3 N–H and O–H groups in total. The van der Waals surface area contributed by atoms with Crippen LogP contribution in [0.5, 0.6) is 0 Å². The van der Waals surface area contributed by atoms with Crippen LogP contribution in [0.2, 0.25) is 5.02 Å². The molecular formula is C17H17ClN2O. The smallest absolute Gasteiger partial charge is 0.253 e. The van der Waals surface area contributed by atoms with Crippen LogP contribution in [0.15, 0.2) is 42.5 Å². The van der Waals surface area contributed by atoms with Crippen LogP contribution < -0.4 is 11.1 Å². The Kier molecular flexibility index (Phi) is 3.84. The van der Waals surface area contributed by atoms with Gasteiger partial charge in [0.25, 0.3) is 5.91 Å². The number of hydrogen-bond acceptors (Lipinski definition) is 2. The maximum atomic E-state index is 12.3. The van der Waals surface area contributed by atoms with Gasteiger partial charge in [-0.2, -0.15) is 0 Å². The van der Waals surface area contributed by atoms with Crippen molar-refractivity contribution in [1.82, 2.24) is 5.32 Å². The third-order valence-corrected chi connectivity index (χ3v) is 4.38. The summed E-state index contributed by atoms with van der Waals surface area (Å²) in [5, 5.41) is 3.39. The van der Waals surface area contributed by atoms with Crippen molar-refractivity contribution >= 4 is 23.2 Å². The summed E-state index contributed by atoms with van der Waals surface area (Å²) in [6.07, 6.45) is 2.80. The molecule has 0 aliphatic heterocycles. The third-order valence-electron chi connectivity index (χ3n) is 3.96. The highest BCUT2D eigenvalue weighted by molar-refractivity contribution is 6.36. The number of fused-ring (bicyclic) bond motifs is 1. The molecule has 3 rings (SSSR count). The lowest BCUT2D eigenvalue weighted by atomic mass is 9.88. The molecule has 2 aromatic carbocycles. The van der Waals surface area contributed by atoms with Gasteiger partial charge in [0.2, 0.25) is 0 Å². The number of rotatable bonds is 2. The normalized spacial score (nSPS) is 17.1. The number of nitrogen functional groups attached to an aromatic ring is 1. The van der Waals surface area contributed by atoms with Crippen LogP contribution in [0, 0.1) is 0 Å². The highest BCUT2D eigenvalue weighted by atomic mass is 35.5. The zero-order chi connectivity index (χ0) is 14.8. The van der Waals surface area contributed by atoms with E-state index in [9.17, 15) is 4.79 Å². The van der Waals surface area contributed by atoms with Crippen LogP contribution in [0.1, 0.15) is 27.9 Å². The molecule has 3 nitrogen and oxygen atoms in total. The van der Waals surface area contributed by atoms with Crippen LogP contribution >= 0.6 is 11.6 Å². The van der Waals surface area contributed by atoms with Gasteiger partial charge >= 0.3 is 0 Å². The summed E-state index contributed by atoms with van der Waals surface area (Å²) in [6, 6.07) is 13.7. The average Bonchev–Trinajstić information content (AvgIpc) is 2.50. The molecule has 0 radical (unpaired) electrons. The second-order valence-corrected chi connectivity index (χ2v) is 5.77. The van der Waals surface area contributed by atoms with Crippen LogP contribution in [-0.2, 0) is 12.8 Å². The second kappa shape index (κ2) is 5.78. The van der Waals surface area contributed by atoms with Crippen molar-refractivity contribution in [1.29, 1.82) is 0 Å². The summed E-state index contributed by atoms with van der Waals surface area (Å²) in [4.78, 5) is 12.3. The van der Waals surface area contributed by atoms with E-state index in [1.807, 2.05) is 6.07 Å². The fourth-order valence-electron chi connectivity index (χ4n) is 2.81. The molecule has 2 aromatic rings. The van der Waals surface area contributed by atoms with E-state index in [-0.39, 0.29) is 11.9 Å². The summed E-state index contributed by atoms with van der Waals surface area (Å²) < 4.78 is 0. The molecule has 0 saturated heterocycles. The molecule has 1 aliphatic rings. The predicted octanol–water partition coefficient (Wildman–Crippen LogP) is 3.21. The lowest BCUT2D eigenvalue weighted by Crippen LogP contribution is -2.39. The Hall–Kier alpha value is -2.00. The van der Waals surface area contributed by atoms with Crippen molar-refractivity contribution in [2.75, 3.05) is 5.73 Å². The van der Waals surface area contributed by atoms with Crippen molar-refractivity contribution in [2.24, 2.45) is 0 Å². The molecule has 0 aromatic heterocycles. The Labute approximate surface area is 129 Å². The first-order valence-electron chi connectivity index (χ1n) is 7.07. The minimum atomic E-state index is -0.156. The van der Waals surface area contributed by atoms with Crippen LogP contribution in [0.4, 0.5) is 5.69 Å². The first-order chi connectivity index (χ1) is 10.1. The molecule has 0 fully saturated rings. The molecule has 4 heteroatoms. The molecule has 1 atom stereocenters. The standard InChI is InChI=1S/C17H17ClN2O/c18-16-14(6-3-7-15(16)19)17(21)20-13-9-8-11-4-1-2-5-12(11)10-13/h1-7,13H,8-10,19H2,(H,20,21). The Morgan fingerprint density at radius 3 is 2.71 bits per heavy atom. The molecule has 21 heavy (non-hydrogen) atoms. The fourth-order valence-corrected chi connectivity index (χ4v) is 3.02. The number of amides is 1. The number of carbonyl (C=O) groups is 1. The van der Waals surface area contributed by atoms with E-state index < -0.39 is 0 Å². The minimum Gasteiger partial charge on any atom is -0.398 e. The van der Waals surface area contributed by atoms with Gasteiger partial charge < -0.3 is 11.1 Å². The second-order valence-electron chi connectivity index (χ2n) is 5.39.